The molecule has 1 saturated heterocycles. The van der Waals surface area contributed by atoms with Gasteiger partial charge in [-0.05, 0) is 5.56 Å². The first-order chi connectivity index (χ1) is 14.7. The summed E-state index contributed by atoms with van der Waals surface area (Å²) >= 11 is 1.06. The second kappa shape index (κ2) is 8.52. The fourth-order valence-electron chi connectivity index (χ4n) is 3.61. The summed E-state index contributed by atoms with van der Waals surface area (Å²) in [6.07, 6.45) is 0.0723. The quantitative estimate of drug-likeness (QED) is 0.294. The lowest BCUT2D eigenvalue weighted by Crippen LogP contribution is -2.81. The number of hydrogen-bond acceptors (Lipinski definition) is 7. The number of methoxy groups -OCH3 is 1. The Morgan fingerprint density at radius 3 is 2.42 bits per heavy atom. The van der Waals surface area contributed by atoms with E-state index in [0.29, 0.717) is 0 Å². The number of benzene rings is 1. The van der Waals surface area contributed by atoms with Crippen molar-refractivity contribution in [3.05, 3.63) is 47.2 Å². The van der Waals surface area contributed by atoms with Crippen LogP contribution >= 0.6 is 11.8 Å². The molecule has 0 saturated carbocycles. The molecule has 2 aliphatic heterocycles. The monoisotopic (exact) mass is 448 g/mol. The van der Waals surface area contributed by atoms with Crippen LogP contribution in [0.4, 0.5) is 0 Å². The summed E-state index contributed by atoms with van der Waals surface area (Å²) in [5.74, 6) is -6.73. The van der Waals surface area contributed by atoms with E-state index in [2.05, 4.69) is 5.32 Å². The highest BCUT2D eigenvalue weighted by molar-refractivity contribution is 8.00. The largest absolute Gasteiger partial charge is 0.480 e. The number of rotatable bonds is 8. The average Bonchev–Trinajstić information content (AvgIpc) is 2.76. The van der Waals surface area contributed by atoms with Gasteiger partial charge < -0.3 is 20.3 Å². The Bertz CT molecular complexity index is 992. The molecule has 2 amide bonds. The Labute approximate surface area is 181 Å². The molecule has 0 radical (unpaired) electrons. The first-order valence-electron chi connectivity index (χ1n) is 9.29. The molecule has 0 aromatic heterocycles. The van der Waals surface area contributed by atoms with E-state index in [1.165, 1.54) is 12.1 Å². The zero-order valence-electron chi connectivity index (χ0n) is 16.7. The zero-order valence-corrected chi connectivity index (χ0v) is 17.5. The summed E-state index contributed by atoms with van der Waals surface area (Å²) < 4.78 is 5.30. The van der Waals surface area contributed by atoms with Crippen molar-refractivity contribution in [3.63, 3.8) is 0 Å². The molecular weight excluding hydrogens is 428 g/mol. The Balaban J connectivity index is 1.94. The van der Waals surface area contributed by atoms with Crippen molar-refractivity contribution >= 4 is 41.3 Å². The van der Waals surface area contributed by atoms with Gasteiger partial charge in [0, 0.05) is 24.9 Å². The van der Waals surface area contributed by atoms with Gasteiger partial charge in [-0.15, -0.1) is 11.8 Å². The number of nitrogens with one attached hydrogen (secondary N) is 1. The van der Waals surface area contributed by atoms with Crippen LogP contribution in [0, 0.1) is 0 Å². The van der Waals surface area contributed by atoms with E-state index in [1.54, 1.807) is 25.1 Å². The Morgan fingerprint density at radius 1 is 1.26 bits per heavy atom. The van der Waals surface area contributed by atoms with E-state index in [-0.39, 0.29) is 23.3 Å². The van der Waals surface area contributed by atoms with Gasteiger partial charge in [0.25, 0.3) is 11.6 Å². The number of carbonyl (C=O) groups excluding carboxylic acids is 3. The van der Waals surface area contributed by atoms with Gasteiger partial charge >= 0.3 is 11.9 Å². The number of β-lactam (4-membered cyclic amide) rings is 1. The van der Waals surface area contributed by atoms with Crippen LogP contribution in [-0.2, 0) is 28.7 Å². The van der Waals surface area contributed by atoms with Gasteiger partial charge in [0.05, 0.1) is 0 Å². The standard InChI is InChI=1S/C20H20N2O8S/c1-3-12(23)11-9-31-19-20(30-2,18(29)22(19)14(11)17(27)28)21-15(24)13(16(25)26)10-7-5-4-6-8-10/h4-8,13,19H,3,9H2,1-2H3,(H,21,24)(H,25,26)(H,27,28)/t13?,19-,20?/m0/s1. The molecule has 164 valence electrons. The minimum Gasteiger partial charge on any atom is -0.480 e. The van der Waals surface area contributed by atoms with Crippen LogP contribution < -0.4 is 5.32 Å². The Hall–Kier alpha value is -3.18. The van der Waals surface area contributed by atoms with Gasteiger partial charge in [-0.2, -0.15) is 0 Å². The molecule has 3 N–H and O–H groups in total. The van der Waals surface area contributed by atoms with Crippen molar-refractivity contribution < 1.29 is 38.9 Å². The normalized spacial score (nSPS) is 23.5. The van der Waals surface area contributed by atoms with Crippen molar-refractivity contribution in [2.45, 2.75) is 30.4 Å². The van der Waals surface area contributed by atoms with Gasteiger partial charge in [-0.25, -0.2) is 4.79 Å². The highest BCUT2D eigenvalue weighted by Crippen LogP contribution is 2.47. The summed E-state index contributed by atoms with van der Waals surface area (Å²) in [7, 11) is 1.16. The molecule has 3 rings (SSSR count). The number of ketones is 1. The minimum atomic E-state index is -1.95. The third-order valence-corrected chi connectivity index (χ3v) is 6.48. The number of carboxylic acids is 2. The van der Waals surface area contributed by atoms with Crippen LogP contribution in [0.5, 0.6) is 0 Å². The van der Waals surface area contributed by atoms with Crippen molar-refractivity contribution in [2.75, 3.05) is 12.9 Å². The first kappa shape index (κ1) is 22.5. The lowest BCUT2D eigenvalue weighted by atomic mass is 9.93. The number of amides is 2. The smallest absolute Gasteiger partial charge is 0.353 e. The molecule has 31 heavy (non-hydrogen) atoms. The van der Waals surface area contributed by atoms with Gasteiger partial charge in [0.2, 0.25) is 5.91 Å². The predicted molar refractivity (Wildman–Crippen MR) is 108 cm³/mol. The van der Waals surface area contributed by atoms with Gasteiger partial charge in [-0.1, -0.05) is 37.3 Å². The maximum atomic E-state index is 13.0. The molecule has 10 nitrogen and oxygen atoms in total. The molecule has 1 aromatic carbocycles. The van der Waals surface area contributed by atoms with Crippen molar-refractivity contribution in [1.29, 1.82) is 0 Å². The molecule has 2 aliphatic rings. The highest BCUT2D eigenvalue weighted by Gasteiger charge is 2.67. The number of Topliss-reactive ketones (excluding diaryl/α,β-unsaturated/α-hetero) is 1. The number of fused-ring (bicyclic) bond motifs is 1. The van der Waals surface area contributed by atoms with Gasteiger partial charge in [-0.3, -0.25) is 24.1 Å². The van der Waals surface area contributed by atoms with Crippen LogP contribution in [0.15, 0.2) is 41.6 Å². The molecule has 1 aromatic rings. The van der Waals surface area contributed by atoms with Crippen LogP contribution in [0.2, 0.25) is 0 Å². The summed E-state index contributed by atoms with van der Waals surface area (Å²) in [5.41, 5.74) is -2.18. The number of nitrogens with zero attached hydrogens (tertiary/aromatic N) is 1. The molecule has 1 fully saturated rings. The van der Waals surface area contributed by atoms with Crippen molar-refractivity contribution in [2.24, 2.45) is 0 Å². The number of thioether (sulfide) groups is 1. The van der Waals surface area contributed by atoms with Crippen LogP contribution in [0.1, 0.15) is 24.8 Å². The number of aliphatic carboxylic acids is 2. The lowest BCUT2D eigenvalue weighted by molar-refractivity contribution is -0.193. The number of carboxylic acid groups (broad SMARTS) is 2. The minimum absolute atomic E-state index is 0.00474. The van der Waals surface area contributed by atoms with Gasteiger partial charge in [0.15, 0.2) is 11.7 Å². The second-order valence-corrected chi connectivity index (χ2v) is 7.93. The zero-order chi connectivity index (χ0) is 22.9. The molecule has 0 aliphatic carbocycles. The SMILES string of the molecule is CCC(=O)C1=C(C(=O)O)N2C(=O)C(NC(=O)C(C(=O)O)c3ccccc3)(OC)[C@@H]2SC1. The molecule has 0 spiro atoms. The fourth-order valence-corrected chi connectivity index (χ4v) is 5.08. The van der Waals surface area contributed by atoms with Crippen molar-refractivity contribution in [3.8, 4) is 0 Å². The van der Waals surface area contributed by atoms with E-state index in [1.807, 2.05) is 0 Å². The molecule has 2 heterocycles. The molecule has 3 atom stereocenters. The third-order valence-electron chi connectivity index (χ3n) is 5.16. The molecule has 11 heteroatoms. The van der Waals surface area contributed by atoms with Crippen molar-refractivity contribution in [1.82, 2.24) is 10.2 Å². The average molecular weight is 448 g/mol. The van der Waals surface area contributed by atoms with E-state index < -0.39 is 52.3 Å². The molecule has 0 bridgehead atoms. The summed E-state index contributed by atoms with van der Waals surface area (Å²) in [4.78, 5) is 62.5. The predicted octanol–water partition coefficient (Wildman–Crippen LogP) is 0.547. The lowest BCUT2D eigenvalue weighted by Gasteiger charge is -2.55. The molecular formula is C20H20N2O8S. The highest BCUT2D eigenvalue weighted by atomic mass is 32.2. The van der Waals surface area contributed by atoms with E-state index in [9.17, 15) is 34.2 Å². The maximum absolute atomic E-state index is 13.0. The number of carbonyl (C=O) groups is 5. The summed E-state index contributed by atoms with van der Waals surface area (Å²) in [6, 6.07) is 7.76. The number of hydrogen-bond donors (Lipinski definition) is 3. The second-order valence-electron chi connectivity index (χ2n) is 6.86. The van der Waals surface area contributed by atoms with E-state index in [4.69, 9.17) is 4.74 Å². The Kier molecular flexibility index (Phi) is 6.18. The summed E-state index contributed by atoms with van der Waals surface area (Å²) in [6.45, 7) is 1.58. The van der Waals surface area contributed by atoms with E-state index in [0.717, 1.165) is 23.8 Å². The fraction of sp³-hybridized carbons (Fsp3) is 0.350. The van der Waals surface area contributed by atoms with Gasteiger partial charge in [0.1, 0.15) is 11.1 Å². The number of ether oxygens (including phenoxy) is 1. The first-order valence-corrected chi connectivity index (χ1v) is 10.3. The van der Waals surface area contributed by atoms with Crippen LogP contribution in [-0.4, -0.2) is 68.6 Å². The third kappa shape index (κ3) is 3.59. The molecule has 2 unspecified atom stereocenters. The van der Waals surface area contributed by atoms with Crippen LogP contribution in [0.25, 0.3) is 0 Å². The van der Waals surface area contributed by atoms with E-state index >= 15 is 0 Å². The maximum Gasteiger partial charge on any atom is 0.353 e. The Morgan fingerprint density at radius 2 is 1.90 bits per heavy atom. The summed E-state index contributed by atoms with van der Waals surface area (Å²) in [5, 5.41) is 20.6. The van der Waals surface area contributed by atoms with Crippen LogP contribution in [0.3, 0.4) is 0 Å². The topological polar surface area (TPSA) is 150 Å².